The van der Waals surface area contributed by atoms with Gasteiger partial charge in [0.05, 0.1) is 24.2 Å². The predicted octanol–water partition coefficient (Wildman–Crippen LogP) is 3.10. The highest BCUT2D eigenvalue weighted by molar-refractivity contribution is 5.96. The normalized spacial score (nSPS) is 21.2. The van der Waals surface area contributed by atoms with Crippen LogP contribution in [0.3, 0.4) is 0 Å². The van der Waals surface area contributed by atoms with Crippen molar-refractivity contribution in [2.24, 2.45) is 5.92 Å². The lowest BCUT2D eigenvalue weighted by molar-refractivity contribution is -0.149. The summed E-state index contributed by atoms with van der Waals surface area (Å²) < 4.78 is 10.9. The third-order valence-electron chi connectivity index (χ3n) is 3.95. The standard InChI is InChI=1S/C17H22O5/c1-3-21-17(20)12-4-6-13(7-5-12)22-14-8-9-15(11(2)18)16(19)10-14/h8-10,12-13,19H,3-7H2,1-2H3. The average Bonchev–Trinajstić information content (AvgIpc) is 2.48. The van der Waals surface area contributed by atoms with Crippen molar-refractivity contribution < 1.29 is 24.2 Å². The summed E-state index contributed by atoms with van der Waals surface area (Å²) in [5.41, 5.74) is 0.290. The van der Waals surface area contributed by atoms with Crippen molar-refractivity contribution in [1.82, 2.24) is 0 Å². The Hall–Kier alpha value is -2.04. The van der Waals surface area contributed by atoms with E-state index >= 15 is 0 Å². The number of carbonyl (C=O) groups excluding carboxylic acids is 2. The maximum absolute atomic E-state index is 11.7. The topological polar surface area (TPSA) is 72.8 Å². The molecule has 0 atom stereocenters. The molecule has 0 unspecified atom stereocenters. The molecule has 1 aromatic carbocycles. The molecule has 1 aliphatic carbocycles. The summed E-state index contributed by atoms with van der Waals surface area (Å²) in [4.78, 5) is 23.0. The quantitative estimate of drug-likeness (QED) is 0.668. The molecule has 1 aromatic rings. The van der Waals surface area contributed by atoms with Gasteiger partial charge in [-0.2, -0.15) is 0 Å². The lowest BCUT2D eigenvalue weighted by Gasteiger charge is -2.27. The Kier molecular flexibility index (Phi) is 5.41. The molecule has 1 saturated carbocycles. The summed E-state index contributed by atoms with van der Waals surface area (Å²) >= 11 is 0. The Morgan fingerprint density at radius 3 is 2.45 bits per heavy atom. The number of hydrogen-bond acceptors (Lipinski definition) is 5. The molecule has 0 spiro atoms. The molecule has 0 bridgehead atoms. The molecular formula is C17H22O5. The number of ketones is 1. The Labute approximate surface area is 130 Å². The van der Waals surface area contributed by atoms with Gasteiger partial charge in [0.2, 0.25) is 0 Å². The molecular weight excluding hydrogens is 284 g/mol. The van der Waals surface area contributed by atoms with Gasteiger partial charge < -0.3 is 14.6 Å². The van der Waals surface area contributed by atoms with Crippen molar-refractivity contribution in [2.45, 2.75) is 45.6 Å². The van der Waals surface area contributed by atoms with Crippen molar-refractivity contribution >= 4 is 11.8 Å². The largest absolute Gasteiger partial charge is 0.507 e. The lowest BCUT2D eigenvalue weighted by Crippen LogP contribution is -2.29. The number of carbonyl (C=O) groups is 2. The van der Waals surface area contributed by atoms with Crippen LogP contribution in [-0.2, 0) is 9.53 Å². The monoisotopic (exact) mass is 306 g/mol. The van der Waals surface area contributed by atoms with Gasteiger partial charge in [-0.25, -0.2) is 0 Å². The molecule has 1 aliphatic rings. The molecule has 2 rings (SSSR count). The number of esters is 1. The Morgan fingerprint density at radius 2 is 1.91 bits per heavy atom. The highest BCUT2D eigenvalue weighted by Gasteiger charge is 2.28. The number of phenolic OH excluding ortho intramolecular Hbond substituents is 1. The van der Waals surface area contributed by atoms with Gasteiger partial charge in [-0.3, -0.25) is 9.59 Å². The van der Waals surface area contributed by atoms with Crippen LogP contribution in [0.2, 0.25) is 0 Å². The van der Waals surface area contributed by atoms with E-state index in [4.69, 9.17) is 9.47 Å². The first-order valence-electron chi connectivity index (χ1n) is 7.68. The van der Waals surface area contributed by atoms with Crippen LogP contribution < -0.4 is 4.74 Å². The van der Waals surface area contributed by atoms with Crippen molar-refractivity contribution in [3.05, 3.63) is 23.8 Å². The molecule has 0 aliphatic heterocycles. The van der Waals surface area contributed by atoms with Gasteiger partial charge in [0.15, 0.2) is 5.78 Å². The number of benzene rings is 1. The molecule has 0 amide bonds. The summed E-state index contributed by atoms with van der Waals surface area (Å²) in [7, 11) is 0. The highest BCUT2D eigenvalue weighted by Crippen LogP contribution is 2.30. The number of rotatable bonds is 5. The maximum Gasteiger partial charge on any atom is 0.308 e. The average molecular weight is 306 g/mol. The highest BCUT2D eigenvalue weighted by atomic mass is 16.5. The molecule has 0 radical (unpaired) electrons. The summed E-state index contributed by atoms with van der Waals surface area (Å²) in [6.07, 6.45) is 3.08. The molecule has 1 fully saturated rings. The van der Waals surface area contributed by atoms with Crippen molar-refractivity contribution in [3.8, 4) is 11.5 Å². The molecule has 5 nitrogen and oxygen atoms in total. The van der Waals surface area contributed by atoms with Gasteiger partial charge in [-0.1, -0.05) is 0 Å². The minimum atomic E-state index is -0.181. The molecule has 0 heterocycles. The van der Waals surface area contributed by atoms with Crippen LogP contribution in [0.15, 0.2) is 18.2 Å². The number of hydrogen-bond donors (Lipinski definition) is 1. The fraction of sp³-hybridized carbons (Fsp3) is 0.529. The first-order valence-corrected chi connectivity index (χ1v) is 7.68. The minimum Gasteiger partial charge on any atom is -0.507 e. The van der Waals surface area contributed by atoms with Gasteiger partial charge in [0, 0.05) is 6.07 Å². The Morgan fingerprint density at radius 1 is 1.23 bits per heavy atom. The van der Waals surface area contributed by atoms with E-state index in [1.807, 2.05) is 6.92 Å². The number of Topliss-reactive ketones (excluding diaryl/α,β-unsaturated/α-hetero) is 1. The van der Waals surface area contributed by atoms with E-state index in [0.29, 0.717) is 17.9 Å². The summed E-state index contributed by atoms with van der Waals surface area (Å²) in [6, 6.07) is 4.72. The second-order valence-electron chi connectivity index (χ2n) is 5.58. The van der Waals surface area contributed by atoms with Gasteiger partial charge in [-0.15, -0.1) is 0 Å². The predicted molar refractivity (Wildman–Crippen MR) is 81.1 cm³/mol. The van der Waals surface area contributed by atoms with Gasteiger partial charge >= 0.3 is 5.97 Å². The molecule has 0 saturated heterocycles. The van der Waals surface area contributed by atoms with E-state index in [2.05, 4.69) is 0 Å². The smallest absolute Gasteiger partial charge is 0.308 e. The van der Waals surface area contributed by atoms with Crippen LogP contribution in [0.4, 0.5) is 0 Å². The van der Waals surface area contributed by atoms with Gasteiger partial charge in [-0.05, 0) is 51.7 Å². The second kappa shape index (κ2) is 7.29. The number of ether oxygens (including phenoxy) is 2. The lowest BCUT2D eigenvalue weighted by atomic mass is 9.87. The SMILES string of the molecule is CCOC(=O)C1CCC(Oc2ccc(C(C)=O)c(O)c2)CC1. The summed E-state index contributed by atoms with van der Waals surface area (Å²) in [5, 5.41) is 9.80. The Balaban J connectivity index is 1.90. The minimum absolute atomic E-state index is 0.0215. The van der Waals surface area contributed by atoms with Crippen LogP contribution >= 0.6 is 0 Å². The zero-order chi connectivity index (χ0) is 16.1. The van der Waals surface area contributed by atoms with E-state index in [1.165, 1.54) is 13.0 Å². The zero-order valence-electron chi connectivity index (χ0n) is 13.0. The van der Waals surface area contributed by atoms with E-state index < -0.39 is 0 Å². The fourth-order valence-corrected chi connectivity index (χ4v) is 2.75. The third-order valence-corrected chi connectivity index (χ3v) is 3.95. The molecule has 0 aromatic heterocycles. The molecule has 5 heteroatoms. The van der Waals surface area contributed by atoms with Gasteiger partial charge in [0.1, 0.15) is 11.5 Å². The van der Waals surface area contributed by atoms with Crippen LogP contribution in [0.1, 0.15) is 49.9 Å². The number of phenols is 1. The first-order chi connectivity index (χ1) is 10.5. The van der Waals surface area contributed by atoms with Crippen LogP contribution in [0.5, 0.6) is 11.5 Å². The summed E-state index contributed by atoms with van der Waals surface area (Å²) in [5.74, 6) is 0.143. The zero-order valence-corrected chi connectivity index (χ0v) is 13.0. The number of aromatic hydroxyl groups is 1. The van der Waals surface area contributed by atoms with Crippen LogP contribution in [0.25, 0.3) is 0 Å². The van der Waals surface area contributed by atoms with Crippen LogP contribution in [0, 0.1) is 5.92 Å². The molecule has 120 valence electrons. The van der Waals surface area contributed by atoms with Crippen molar-refractivity contribution in [1.29, 1.82) is 0 Å². The second-order valence-corrected chi connectivity index (χ2v) is 5.58. The van der Waals surface area contributed by atoms with Crippen LogP contribution in [-0.4, -0.2) is 29.6 Å². The molecule has 22 heavy (non-hydrogen) atoms. The molecule has 1 N–H and O–H groups in total. The Bertz CT molecular complexity index is 544. The van der Waals surface area contributed by atoms with E-state index in [0.717, 1.165) is 25.7 Å². The fourth-order valence-electron chi connectivity index (χ4n) is 2.75. The van der Waals surface area contributed by atoms with Crippen molar-refractivity contribution in [3.63, 3.8) is 0 Å². The van der Waals surface area contributed by atoms with E-state index in [1.54, 1.807) is 12.1 Å². The maximum atomic E-state index is 11.7. The third kappa shape index (κ3) is 4.00. The van der Waals surface area contributed by atoms with Crippen molar-refractivity contribution in [2.75, 3.05) is 6.61 Å². The van der Waals surface area contributed by atoms with Gasteiger partial charge in [0.25, 0.3) is 0 Å². The van der Waals surface area contributed by atoms with E-state index in [9.17, 15) is 14.7 Å². The summed E-state index contributed by atoms with van der Waals surface area (Å²) in [6.45, 7) is 3.63. The first kappa shape index (κ1) is 16.3. The van der Waals surface area contributed by atoms with E-state index in [-0.39, 0.29) is 29.5 Å².